The number of nitrogens with one attached hydrogen (secondary N) is 1. The number of carbonyl (C=O) groups excluding carboxylic acids is 1. The number of anilines is 2. The van der Waals surface area contributed by atoms with Gasteiger partial charge in [0.05, 0.1) is 5.41 Å². The lowest BCUT2D eigenvalue weighted by Crippen LogP contribution is -2.57. The third kappa shape index (κ3) is 4.57. The minimum absolute atomic E-state index is 0.0969. The first-order chi connectivity index (χ1) is 16.1. The van der Waals surface area contributed by atoms with Gasteiger partial charge in [-0.25, -0.2) is 0 Å². The Hall–Kier alpha value is -3.19. The molecule has 1 aliphatic rings. The number of aryl methyl sites for hydroxylation is 1. The van der Waals surface area contributed by atoms with Gasteiger partial charge in [-0.3, -0.25) is 4.79 Å². The highest BCUT2D eigenvalue weighted by molar-refractivity contribution is 6.03. The molecule has 4 rings (SSSR count). The molecule has 1 N–H and O–H groups in total. The summed E-state index contributed by atoms with van der Waals surface area (Å²) < 4.78 is 30.5. The molecule has 0 bridgehead atoms. The van der Waals surface area contributed by atoms with Crippen molar-refractivity contribution in [2.24, 2.45) is 0 Å². The maximum Gasteiger partial charge on any atom is 0.387 e. The second-order valence-corrected chi connectivity index (χ2v) is 9.64. The van der Waals surface area contributed by atoms with Crippen LogP contribution in [0.2, 0.25) is 0 Å². The summed E-state index contributed by atoms with van der Waals surface area (Å²) in [5.41, 5.74) is 2.65. The molecule has 1 aliphatic heterocycles. The van der Waals surface area contributed by atoms with Crippen LogP contribution < -0.4 is 15.0 Å². The molecule has 3 aromatic carbocycles. The summed E-state index contributed by atoms with van der Waals surface area (Å²) in [7, 11) is 4.17. The summed E-state index contributed by atoms with van der Waals surface area (Å²) in [6.45, 7) is 4.64. The van der Waals surface area contributed by atoms with Gasteiger partial charge >= 0.3 is 6.61 Å². The highest BCUT2D eigenvalue weighted by Gasteiger charge is 2.33. The molecule has 34 heavy (non-hydrogen) atoms. The molecule has 5 nitrogen and oxygen atoms in total. The molecule has 180 valence electrons. The maximum absolute atomic E-state index is 13.5. The van der Waals surface area contributed by atoms with Gasteiger partial charge in [0.1, 0.15) is 5.75 Å². The van der Waals surface area contributed by atoms with Gasteiger partial charge in [0.2, 0.25) is 5.91 Å². The van der Waals surface area contributed by atoms with Gasteiger partial charge in [-0.15, -0.1) is 0 Å². The van der Waals surface area contributed by atoms with E-state index < -0.39 is 12.0 Å². The van der Waals surface area contributed by atoms with Crippen molar-refractivity contribution in [1.29, 1.82) is 0 Å². The van der Waals surface area contributed by atoms with Gasteiger partial charge in [0, 0.05) is 35.9 Å². The quantitative estimate of drug-likeness (QED) is 0.504. The lowest BCUT2D eigenvalue weighted by molar-refractivity contribution is -0.120. The van der Waals surface area contributed by atoms with Crippen molar-refractivity contribution in [2.45, 2.75) is 38.8 Å². The molecule has 0 unspecified atom stereocenters. The number of hydrogen-bond donors (Lipinski definition) is 1. The van der Waals surface area contributed by atoms with E-state index in [0.29, 0.717) is 16.8 Å². The van der Waals surface area contributed by atoms with E-state index in [4.69, 9.17) is 4.74 Å². The van der Waals surface area contributed by atoms with E-state index in [1.54, 1.807) is 18.2 Å². The molecule has 3 aromatic rings. The lowest BCUT2D eigenvalue weighted by Gasteiger charge is -2.44. The number of fused-ring (bicyclic) bond motifs is 1. The number of rotatable bonds is 7. The van der Waals surface area contributed by atoms with Crippen molar-refractivity contribution in [1.82, 2.24) is 4.90 Å². The van der Waals surface area contributed by atoms with Crippen LogP contribution in [-0.2, 0) is 10.2 Å². The number of benzene rings is 3. The van der Waals surface area contributed by atoms with Crippen LogP contribution in [0.4, 0.5) is 20.2 Å². The Morgan fingerprint density at radius 2 is 1.76 bits per heavy atom. The monoisotopic (exact) mass is 467 g/mol. The molecule has 0 aliphatic carbocycles. The van der Waals surface area contributed by atoms with Gasteiger partial charge in [0.15, 0.2) is 0 Å². The van der Waals surface area contributed by atoms with Gasteiger partial charge in [-0.05, 0) is 69.6 Å². The van der Waals surface area contributed by atoms with Gasteiger partial charge in [-0.2, -0.15) is 8.78 Å². The van der Waals surface area contributed by atoms with E-state index in [1.807, 2.05) is 45.0 Å². The topological polar surface area (TPSA) is 44.8 Å². The molecule has 0 aromatic heterocycles. The summed E-state index contributed by atoms with van der Waals surface area (Å²) in [5.74, 6) is -0.0742. The summed E-state index contributed by atoms with van der Waals surface area (Å²) in [4.78, 5) is 18.0. The largest absolute Gasteiger partial charge is 0.434 e. The SMILES string of the molecule is Cc1ccc(N2CC(N(C)C)C2)cc1NC(=O)C(C)(C)c1ccc(OC(F)F)c2ccccc12. The molecular weight excluding hydrogens is 436 g/mol. The van der Waals surface area contributed by atoms with Crippen LogP contribution in [0.5, 0.6) is 5.75 Å². The van der Waals surface area contributed by atoms with Crippen LogP contribution in [0.1, 0.15) is 25.0 Å². The van der Waals surface area contributed by atoms with E-state index >= 15 is 0 Å². The van der Waals surface area contributed by atoms with Gasteiger partial charge in [0.25, 0.3) is 0 Å². The molecule has 1 saturated heterocycles. The molecule has 1 fully saturated rings. The fourth-order valence-electron chi connectivity index (χ4n) is 4.35. The fourth-order valence-corrected chi connectivity index (χ4v) is 4.35. The Morgan fingerprint density at radius 1 is 1.09 bits per heavy atom. The zero-order valence-corrected chi connectivity index (χ0v) is 20.2. The van der Waals surface area contributed by atoms with Crippen molar-refractivity contribution < 1.29 is 18.3 Å². The second-order valence-electron chi connectivity index (χ2n) is 9.64. The van der Waals surface area contributed by atoms with Crippen molar-refractivity contribution in [3.8, 4) is 5.75 Å². The third-order valence-corrected chi connectivity index (χ3v) is 6.77. The smallest absolute Gasteiger partial charge is 0.387 e. The zero-order chi connectivity index (χ0) is 24.6. The molecule has 0 atom stereocenters. The van der Waals surface area contributed by atoms with Crippen molar-refractivity contribution in [3.05, 3.63) is 65.7 Å². The first kappa shape index (κ1) is 24.0. The summed E-state index contributed by atoms with van der Waals surface area (Å²) in [6, 6.07) is 17.0. The Kier molecular flexibility index (Phi) is 6.49. The number of nitrogens with zero attached hydrogens (tertiary/aromatic N) is 2. The molecule has 0 saturated carbocycles. The van der Waals surface area contributed by atoms with Crippen LogP contribution in [0.25, 0.3) is 10.8 Å². The van der Waals surface area contributed by atoms with E-state index in [-0.39, 0.29) is 11.7 Å². The molecule has 1 amide bonds. The number of halogens is 2. The summed E-state index contributed by atoms with van der Waals surface area (Å²) >= 11 is 0. The van der Waals surface area contributed by atoms with E-state index in [2.05, 4.69) is 35.3 Å². The van der Waals surface area contributed by atoms with Gasteiger partial charge < -0.3 is 19.9 Å². The van der Waals surface area contributed by atoms with Crippen LogP contribution in [-0.4, -0.2) is 50.6 Å². The first-order valence-corrected chi connectivity index (χ1v) is 11.4. The normalized spacial score (nSPS) is 14.6. The molecule has 1 heterocycles. The minimum atomic E-state index is -2.92. The first-order valence-electron chi connectivity index (χ1n) is 11.4. The van der Waals surface area contributed by atoms with E-state index in [0.717, 1.165) is 35.6 Å². The number of amides is 1. The van der Waals surface area contributed by atoms with Gasteiger partial charge in [-0.1, -0.05) is 36.4 Å². The van der Waals surface area contributed by atoms with Crippen LogP contribution in [0.15, 0.2) is 54.6 Å². The third-order valence-electron chi connectivity index (χ3n) is 6.77. The van der Waals surface area contributed by atoms with E-state index in [9.17, 15) is 13.6 Å². The Bertz CT molecular complexity index is 1200. The van der Waals surface area contributed by atoms with Crippen molar-refractivity contribution in [2.75, 3.05) is 37.4 Å². The number of alkyl halides is 2. The fraction of sp³-hybridized carbons (Fsp3) is 0.370. The number of hydrogen-bond acceptors (Lipinski definition) is 4. The van der Waals surface area contributed by atoms with E-state index in [1.165, 1.54) is 6.07 Å². The average Bonchev–Trinajstić information content (AvgIpc) is 2.74. The highest BCUT2D eigenvalue weighted by atomic mass is 19.3. The summed E-state index contributed by atoms with van der Waals surface area (Å²) in [6.07, 6.45) is 0. The minimum Gasteiger partial charge on any atom is -0.434 e. The number of ether oxygens (including phenoxy) is 1. The molecule has 7 heteroatoms. The highest BCUT2D eigenvalue weighted by Crippen LogP contribution is 2.37. The lowest BCUT2D eigenvalue weighted by atomic mass is 9.80. The van der Waals surface area contributed by atoms with Crippen molar-refractivity contribution in [3.63, 3.8) is 0 Å². The standard InChI is InChI=1S/C27H31F2N3O2/c1-17-10-11-18(32-15-19(16-32)31(4)5)14-23(17)30-25(33)27(2,3)22-12-13-24(34-26(28)29)21-9-7-6-8-20(21)22/h6-14,19,26H,15-16H2,1-5H3,(H,30,33). The Balaban J connectivity index is 1.60. The zero-order valence-electron chi connectivity index (χ0n) is 20.2. The van der Waals surface area contributed by atoms with Crippen LogP contribution in [0, 0.1) is 6.92 Å². The Labute approximate surface area is 199 Å². The molecular formula is C27H31F2N3O2. The molecule has 0 spiro atoms. The number of carbonyl (C=O) groups is 1. The predicted molar refractivity (Wildman–Crippen MR) is 133 cm³/mol. The van der Waals surface area contributed by atoms with Crippen LogP contribution in [0.3, 0.4) is 0 Å². The summed E-state index contributed by atoms with van der Waals surface area (Å²) in [5, 5.41) is 4.37. The Morgan fingerprint density at radius 3 is 2.41 bits per heavy atom. The maximum atomic E-state index is 13.5. The molecule has 0 radical (unpaired) electrons. The second kappa shape index (κ2) is 9.22. The predicted octanol–water partition coefficient (Wildman–Crippen LogP) is 5.42. The number of likely N-dealkylation sites (N-methyl/N-ethyl adjacent to an activating group) is 1. The average molecular weight is 468 g/mol. The van der Waals surface area contributed by atoms with Crippen LogP contribution >= 0.6 is 0 Å². The van der Waals surface area contributed by atoms with Crippen molar-refractivity contribution >= 4 is 28.1 Å².